The zero-order valence-electron chi connectivity index (χ0n) is 7.01. The minimum absolute atomic E-state index is 0.0212. The molecule has 1 atom stereocenters. The number of alkyl halides is 3. The Bertz CT molecular complexity index is 269. The second-order valence-electron chi connectivity index (χ2n) is 2.73. The fourth-order valence-corrected chi connectivity index (χ4v) is 0.960. The molecule has 0 aromatic carbocycles. The first-order chi connectivity index (χ1) is 5.82. The van der Waals surface area contributed by atoms with Crippen LogP contribution in [0.2, 0.25) is 0 Å². The third-order valence-corrected chi connectivity index (χ3v) is 1.78. The second kappa shape index (κ2) is 2.93. The first-order valence-electron chi connectivity index (χ1n) is 3.57. The molecule has 0 spiro atoms. The van der Waals surface area contributed by atoms with Crippen molar-refractivity contribution in [3.8, 4) is 0 Å². The van der Waals surface area contributed by atoms with Gasteiger partial charge in [0.2, 0.25) is 0 Å². The monoisotopic (exact) mass is 192 g/mol. The summed E-state index contributed by atoms with van der Waals surface area (Å²) in [6.07, 6.45) is -4.57. The van der Waals surface area contributed by atoms with Crippen LogP contribution in [0.4, 0.5) is 18.0 Å². The summed E-state index contributed by atoms with van der Waals surface area (Å²) in [4.78, 5) is 10.6. The molecule has 0 aromatic rings. The SMILES string of the molecule is CC1=C(C(F)(F)F)[N]C(=O)[N]C1C. The minimum atomic E-state index is -4.57. The summed E-state index contributed by atoms with van der Waals surface area (Å²) in [6, 6.07) is -1.80. The van der Waals surface area contributed by atoms with Gasteiger partial charge in [0.05, 0.1) is 6.04 Å². The predicted octanol–water partition coefficient (Wildman–Crippen LogP) is 1.55. The number of nitrogens with zero attached hydrogens (tertiary/aromatic N) is 2. The molecule has 0 N–H and O–H groups in total. The van der Waals surface area contributed by atoms with Gasteiger partial charge in [-0.2, -0.15) is 18.5 Å². The molecule has 0 saturated carbocycles. The minimum Gasteiger partial charge on any atom is -0.244 e. The summed E-state index contributed by atoms with van der Waals surface area (Å²) in [6.45, 7) is 2.70. The molecule has 72 valence electrons. The van der Waals surface area contributed by atoms with Gasteiger partial charge in [-0.1, -0.05) is 0 Å². The zero-order valence-corrected chi connectivity index (χ0v) is 7.01. The van der Waals surface area contributed by atoms with Crippen molar-refractivity contribution < 1.29 is 18.0 Å². The van der Waals surface area contributed by atoms with Crippen molar-refractivity contribution in [2.45, 2.75) is 26.1 Å². The van der Waals surface area contributed by atoms with Gasteiger partial charge in [0, 0.05) is 0 Å². The fraction of sp³-hybridized carbons (Fsp3) is 0.571. The van der Waals surface area contributed by atoms with Gasteiger partial charge in [0.15, 0.2) is 5.70 Å². The summed E-state index contributed by atoms with van der Waals surface area (Å²) >= 11 is 0. The third kappa shape index (κ3) is 1.93. The number of carbonyl (C=O) groups is 1. The van der Waals surface area contributed by atoms with E-state index in [1.807, 2.05) is 0 Å². The summed E-state index contributed by atoms with van der Waals surface area (Å²) in [5.41, 5.74) is -1.13. The summed E-state index contributed by atoms with van der Waals surface area (Å²) in [5.74, 6) is 0. The van der Waals surface area contributed by atoms with Crippen LogP contribution in [0.25, 0.3) is 0 Å². The number of rotatable bonds is 0. The van der Waals surface area contributed by atoms with Crippen LogP contribution in [0.3, 0.4) is 0 Å². The van der Waals surface area contributed by atoms with Crippen molar-refractivity contribution in [2.24, 2.45) is 0 Å². The van der Waals surface area contributed by atoms with Crippen molar-refractivity contribution >= 4 is 6.03 Å². The van der Waals surface area contributed by atoms with Gasteiger partial charge in [0.1, 0.15) is 0 Å². The molecule has 1 unspecified atom stereocenters. The molecular formula is C7H7F3N2O. The molecule has 2 amide bonds. The largest absolute Gasteiger partial charge is 0.433 e. The van der Waals surface area contributed by atoms with Gasteiger partial charge in [-0.05, 0) is 19.4 Å². The Kier molecular flexibility index (Phi) is 2.23. The number of hydrogen-bond acceptors (Lipinski definition) is 1. The predicted molar refractivity (Wildman–Crippen MR) is 37.9 cm³/mol. The number of hydrogen-bond donors (Lipinski definition) is 0. The maximum atomic E-state index is 12.2. The summed E-state index contributed by atoms with van der Waals surface area (Å²) in [7, 11) is 0. The molecule has 6 heteroatoms. The Morgan fingerprint density at radius 3 is 2.38 bits per heavy atom. The Hall–Kier alpha value is -1.20. The lowest BCUT2D eigenvalue weighted by atomic mass is 10.1. The van der Waals surface area contributed by atoms with E-state index in [4.69, 9.17) is 0 Å². The molecule has 0 saturated heterocycles. The van der Waals surface area contributed by atoms with Crippen LogP contribution < -0.4 is 10.6 Å². The van der Waals surface area contributed by atoms with Gasteiger partial charge >= 0.3 is 12.2 Å². The number of allylic oxidation sites excluding steroid dienone is 1. The highest BCUT2D eigenvalue weighted by Crippen LogP contribution is 2.30. The maximum Gasteiger partial charge on any atom is 0.433 e. The number of carbonyl (C=O) groups excluding carboxylic acids is 1. The van der Waals surface area contributed by atoms with Gasteiger partial charge in [-0.25, -0.2) is 10.1 Å². The van der Waals surface area contributed by atoms with Gasteiger partial charge < -0.3 is 0 Å². The van der Waals surface area contributed by atoms with Crippen LogP contribution in [0.5, 0.6) is 0 Å². The van der Waals surface area contributed by atoms with Crippen molar-refractivity contribution in [2.75, 3.05) is 0 Å². The highest BCUT2D eigenvalue weighted by Gasteiger charge is 2.42. The first-order valence-corrected chi connectivity index (χ1v) is 3.57. The van der Waals surface area contributed by atoms with E-state index in [0.717, 1.165) is 0 Å². The number of urea groups is 1. The van der Waals surface area contributed by atoms with Gasteiger partial charge in [0.25, 0.3) is 0 Å². The Morgan fingerprint density at radius 1 is 1.38 bits per heavy atom. The molecule has 1 heterocycles. The lowest BCUT2D eigenvalue weighted by Gasteiger charge is -2.22. The zero-order chi connectivity index (χ0) is 10.2. The van der Waals surface area contributed by atoms with E-state index in [1.54, 1.807) is 0 Å². The van der Waals surface area contributed by atoms with Crippen molar-refractivity contribution in [3.05, 3.63) is 11.3 Å². The topological polar surface area (TPSA) is 45.3 Å². The molecular weight excluding hydrogens is 185 g/mol. The Morgan fingerprint density at radius 2 is 1.92 bits per heavy atom. The average molecular weight is 192 g/mol. The molecule has 13 heavy (non-hydrogen) atoms. The number of amides is 2. The molecule has 0 fully saturated rings. The van der Waals surface area contributed by atoms with E-state index in [2.05, 4.69) is 10.6 Å². The lowest BCUT2D eigenvalue weighted by Crippen LogP contribution is -2.41. The highest BCUT2D eigenvalue weighted by atomic mass is 19.4. The van der Waals surface area contributed by atoms with E-state index in [9.17, 15) is 18.0 Å². The quantitative estimate of drug-likeness (QED) is 0.574. The molecule has 1 rings (SSSR count). The van der Waals surface area contributed by atoms with Crippen LogP contribution >= 0.6 is 0 Å². The van der Waals surface area contributed by atoms with Crippen molar-refractivity contribution in [3.63, 3.8) is 0 Å². The Balaban J connectivity index is 3.05. The fourth-order valence-electron chi connectivity index (χ4n) is 0.960. The molecule has 0 aliphatic carbocycles. The van der Waals surface area contributed by atoms with E-state index in [1.165, 1.54) is 13.8 Å². The van der Waals surface area contributed by atoms with E-state index in [0.29, 0.717) is 0 Å². The highest BCUT2D eigenvalue weighted by molar-refractivity contribution is 5.78. The lowest BCUT2D eigenvalue weighted by molar-refractivity contribution is -0.0976. The van der Waals surface area contributed by atoms with Crippen LogP contribution in [0.1, 0.15) is 13.8 Å². The molecule has 1 aliphatic rings. The molecule has 3 nitrogen and oxygen atoms in total. The van der Waals surface area contributed by atoms with E-state index >= 15 is 0 Å². The maximum absolute atomic E-state index is 12.2. The van der Waals surface area contributed by atoms with Gasteiger partial charge in [-0.15, -0.1) is 0 Å². The summed E-state index contributed by atoms with van der Waals surface area (Å²) in [5, 5.41) is 6.20. The van der Waals surface area contributed by atoms with Crippen LogP contribution in [0, 0.1) is 0 Å². The van der Waals surface area contributed by atoms with Gasteiger partial charge in [-0.3, -0.25) is 0 Å². The van der Waals surface area contributed by atoms with E-state index < -0.39 is 23.9 Å². The molecule has 1 aliphatic heterocycles. The summed E-state index contributed by atoms with van der Waals surface area (Å²) < 4.78 is 36.6. The molecule has 0 aromatic heterocycles. The normalized spacial score (nSPS) is 24.1. The standard InChI is InChI=1S/C7H7F3N2O/c1-3-4(2)11-6(13)12-5(3)7(8,9)10/h4H,1-2H3. The average Bonchev–Trinajstić information content (AvgIpc) is 1.94. The van der Waals surface area contributed by atoms with Crippen molar-refractivity contribution in [1.29, 1.82) is 0 Å². The van der Waals surface area contributed by atoms with E-state index in [-0.39, 0.29) is 5.57 Å². The molecule has 2 radical (unpaired) electrons. The smallest absolute Gasteiger partial charge is 0.244 e. The van der Waals surface area contributed by atoms with Crippen LogP contribution in [-0.2, 0) is 0 Å². The second-order valence-corrected chi connectivity index (χ2v) is 2.73. The molecule has 0 bridgehead atoms. The van der Waals surface area contributed by atoms with Crippen molar-refractivity contribution in [1.82, 2.24) is 10.6 Å². The Labute approximate surface area is 73.0 Å². The first kappa shape index (κ1) is 9.88. The number of halogens is 3. The third-order valence-electron chi connectivity index (χ3n) is 1.78. The van der Waals surface area contributed by atoms with Crippen LogP contribution in [-0.4, -0.2) is 18.2 Å². The van der Waals surface area contributed by atoms with Crippen LogP contribution in [0.15, 0.2) is 11.3 Å².